The molecule has 0 aromatic heterocycles. The molecular weight excluding hydrogens is 295 g/mol. The zero-order chi connectivity index (χ0) is 14.5. The molecule has 4 nitrogen and oxygen atoms in total. The van der Waals surface area contributed by atoms with Gasteiger partial charge in [-0.2, -0.15) is 0 Å². The first-order valence-corrected chi connectivity index (χ1v) is 7.01. The van der Waals surface area contributed by atoms with Crippen LogP contribution < -0.4 is 15.4 Å². The molecule has 1 aliphatic rings. The quantitative estimate of drug-likeness (QED) is 0.813. The maximum absolute atomic E-state index is 13.3. The molecule has 1 aromatic carbocycles. The Morgan fingerprint density at radius 3 is 2.76 bits per heavy atom. The van der Waals surface area contributed by atoms with E-state index in [0.717, 1.165) is 12.5 Å². The second-order valence-corrected chi connectivity index (χ2v) is 5.43. The molecule has 21 heavy (non-hydrogen) atoms. The molecule has 0 radical (unpaired) electrons. The first-order chi connectivity index (χ1) is 9.54. The molecule has 0 bridgehead atoms. The van der Waals surface area contributed by atoms with Gasteiger partial charge in [0.1, 0.15) is 11.6 Å². The van der Waals surface area contributed by atoms with Crippen LogP contribution in [0.4, 0.5) is 10.1 Å². The van der Waals surface area contributed by atoms with E-state index in [2.05, 4.69) is 10.6 Å². The second-order valence-electron chi connectivity index (χ2n) is 5.43. The molecule has 1 aliphatic carbocycles. The van der Waals surface area contributed by atoms with Gasteiger partial charge in [0.15, 0.2) is 0 Å². The minimum absolute atomic E-state index is 0. The van der Waals surface area contributed by atoms with Gasteiger partial charge in [-0.25, -0.2) is 4.39 Å². The van der Waals surface area contributed by atoms with Gasteiger partial charge in [-0.1, -0.05) is 0 Å². The van der Waals surface area contributed by atoms with E-state index in [1.807, 2.05) is 13.8 Å². The van der Waals surface area contributed by atoms with Crippen molar-refractivity contribution in [3.63, 3.8) is 0 Å². The van der Waals surface area contributed by atoms with Gasteiger partial charge in [-0.05, 0) is 51.3 Å². The average molecular weight is 317 g/mol. The fourth-order valence-electron chi connectivity index (χ4n) is 1.86. The van der Waals surface area contributed by atoms with Crippen LogP contribution in [0.15, 0.2) is 18.2 Å². The summed E-state index contributed by atoms with van der Waals surface area (Å²) in [5.74, 6) is 0.612. The van der Waals surface area contributed by atoms with Gasteiger partial charge in [0.25, 0.3) is 0 Å². The van der Waals surface area contributed by atoms with Crippen molar-refractivity contribution in [3.05, 3.63) is 24.0 Å². The van der Waals surface area contributed by atoms with E-state index < -0.39 is 5.82 Å². The molecule has 0 heterocycles. The number of benzene rings is 1. The van der Waals surface area contributed by atoms with Gasteiger partial charge in [-0.3, -0.25) is 4.79 Å². The molecular formula is C15H22ClFN2O2. The van der Waals surface area contributed by atoms with E-state index >= 15 is 0 Å². The number of carbonyl (C=O) groups excluding carboxylic acids is 1. The lowest BCUT2D eigenvalue weighted by Gasteiger charge is -2.15. The molecule has 1 aromatic rings. The molecule has 1 amide bonds. The first-order valence-electron chi connectivity index (χ1n) is 7.01. The predicted molar refractivity (Wildman–Crippen MR) is 83.6 cm³/mol. The summed E-state index contributed by atoms with van der Waals surface area (Å²) >= 11 is 0. The number of halogens is 2. The van der Waals surface area contributed by atoms with Crippen LogP contribution in [0.2, 0.25) is 0 Å². The van der Waals surface area contributed by atoms with E-state index in [0.29, 0.717) is 11.4 Å². The van der Waals surface area contributed by atoms with Crippen LogP contribution in [0.1, 0.15) is 26.7 Å². The number of carbonyl (C=O) groups is 1. The van der Waals surface area contributed by atoms with Crippen LogP contribution >= 0.6 is 12.4 Å². The lowest BCUT2D eigenvalue weighted by molar-refractivity contribution is -0.115. The van der Waals surface area contributed by atoms with Crippen molar-refractivity contribution in [3.8, 4) is 5.75 Å². The molecule has 0 saturated heterocycles. The highest BCUT2D eigenvalue weighted by Gasteiger charge is 2.20. The highest BCUT2D eigenvalue weighted by molar-refractivity contribution is 5.93. The van der Waals surface area contributed by atoms with Gasteiger partial charge in [-0.15, -0.1) is 12.4 Å². The van der Waals surface area contributed by atoms with Crippen LogP contribution in [0.25, 0.3) is 0 Å². The first kappa shape index (κ1) is 17.7. The SMILES string of the molecule is CC(C)Oc1ccc(F)cc1NC(=O)CNCC1CC1.Cl. The van der Waals surface area contributed by atoms with Crippen molar-refractivity contribution in [1.82, 2.24) is 5.32 Å². The number of hydrogen-bond acceptors (Lipinski definition) is 3. The molecule has 0 spiro atoms. The third kappa shape index (κ3) is 6.31. The summed E-state index contributed by atoms with van der Waals surface area (Å²) in [5.41, 5.74) is 0.372. The zero-order valence-corrected chi connectivity index (χ0v) is 13.1. The molecule has 1 fully saturated rings. The summed E-state index contributed by atoms with van der Waals surface area (Å²) in [7, 11) is 0. The Bertz CT molecular complexity index is 479. The Morgan fingerprint density at radius 1 is 1.43 bits per heavy atom. The minimum atomic E-state index is -0.401. The normalized spacial score (nSPS) is 13.7. The van der Waals surface area contributed by atoms with E-state index in [1.165, 1.54) is 31.0 Å². The highest BCUT2D eigenvalue weighted by Crippen LogP contribution is 2.28. The molecule has 2 N–H and O–H groups in total. The van der Waals surface area contributed by atoms with Crippen molar-refractivity contribution >= 4 is 24.0 Å². The Labute approximate surface area is 130 Å². The summed E-state index contributed by atoms with van der Waals surface area (Å²) in [6, 6.07) is 4.12. The molecule has 0 unspecified atom stereocenters. The number of amides is 1. The Hall–Kier alpha value is -1.33. The number of nitrogens with one attached hydrogen (secondary N) is 2. The maximum Gasteiger partial charge on any atom is 0.238 e. The third-order valence-corrected chi connectivity index (χ3v) is 2.99. The summed E-state index contributed by atoms with van der Waals surface area (Å²) < 4.78 is 18.8. The van der Waals surface area contributed by atoms with Gasteiger partial charge in [0.2, 0.25) is 5.91 Å². The van der Waals surface area contributed by atoms with Crippen molar-refractivity contribution in [1.29, 1.82) is 0 Å². The number of ether oxygens (including phenoxy) is 1. The lowest BCUT2D eigenvalue weighted by Crippen LogP contribution is -2.29. The van der Waals surface area contributed by atoms with Gasteiger partial charge in [0, 0.05) is 6.07 Å². The maximum atomic E-state index is 13.3. The molecule has 6 heteroatoms. The molecule has 0 aliphatic heterocycles. The van der Waals surface area contributed by atoms with Gasteiger partial charge < -0.3 is 15.4 Å². The third-order valence-electron chi connectivity index (χ3n) is 2.99. The predicted octanol–water partition coefficient (Wildman–Crippen LogP) is 2.97. The van der Waals surface area contributed by atoms with E-state index in [-0.39, 0.29) is 31.0 Å². The standard InChI is InChI=1S/C15H21FN2O2.ClH/c1-10(2)20-14-6-5-12(16)7-13(14)18-15(19)9-17-8-11-3-4-11;/h5-7,10-11,17H,3-4,8-9H2,1-2H3,(H,18,19);1H. The highest BCUT2D eigenvalue weighted by atomic mass is 35.5. The summed E-state index contributed by atoms with van der Waals surface area (Å²) in [4.78, 5) is 11.8. The Kier molecular flexibility index (Phi) is 6.92. The van der Waals surface area contributed by atoms with Crippen molar-refractivity contribution in [2.24, 2.45) is 5.92 Å². The summed E-state index contributed by atoms with van der Waals surface area (Å²) in [6.07, 6.45) is 2.44. The fraction of sp³-hybridized carbons (Fsp3) is 0.533. The summed E-state index contributed by atoms with van der Waals surface area (Å²) in [6.45, 7) is 4.86. The van der Waals surface area contributed by atoms with E-state index in [1.54, 1.807) is 0 Å². The van der Waals surface area contributed by atoms with E-state index in [9.17, 15) is 9.18 Å². The van der Waals surface area contributed by atoms with Crippen LogP contribution in [0, 0.1) is 11.7 Å². The van der Waals surface area contributed by atoms with Gasteiger partial charge >= 0.3 is 0 Å². The van der Waals surface area contributed by atoms with Crippen molar-refractivity contribution < 1.29 is 13.9 Å². The number of rotatable bonds is 7. The minimum Gasteiger partial charge on any atom is -0.489 e. The monoisotopic (exact) mass is 316 g/mol. The molecule has 2 rings (SSSR count). The van der Waals surface area contributed by atoms with Crippen molar-refractivity contribution in [2.75, 3.05) is 18.4 Å². The molecule has 1 saturated carbocycles. The Balaban J connectivity index is 0.00000220. The average Bonchev–Trinajstić information content (AvgIpc) is 3.16. The van der Waals surface area contributed by atoms with Crippen molar-refractivity contribution in [2.45, 2.75) is 32.8 Å². The molecule has 118 valence electrons. The van der Waals surface area contributed by atoms with Crippen LogP contribution in [0.5, 0.6) is 5.75 Å². The van der Waals surface area contributed by atoms with Crippen LogP contribution in [-0.2, 0) is 4.79 Å². The van der Waals surface area contributed by atoms with Crippen LogP contribution in [-0.4, -0.2) is 25.1 Å². The second kappa shape index (κ2) is 8.20. The molecule has 0 atom stereocenters. The summed E-state index contributed by atoms with van der Waals surface area (Å²) in [5, 5.41) is 5.78. The van der Waals surface area contributed by atoms with Crippen LogP contribution in [0.3, 0.4) is 0 Å². The number of hydrogen-bond donors (Lipinski definition) is 2. The van der Waals surface area contributed by atoms with Gasteiger partial charge in [0.05, 0.1) is 18.3 Å². The number of anilines is 1. The Morgan fingerprint density at radius 2 is 2.14 bits per heavy atom. The van der Waals surface area contributed by atoms with E-state index in [4.69, 9.17) is 4.74 Å². The lowest BCUT2D eigenvalue weighted by atomic mass is 10.2. The zero-order valence-electron chi connectivity index (χ0n) is 12.3. The fourth-order valence-corrected chi connectivity index (χ4v) is 1.86. The smallest absolute Gasteiger partial charge is 0.238 e. The topological polar surface area (TPSA) is 50.4 Å². The largest absolute Gasteiger partial charge is 0.489 e.